The first-order chi connectivity index (χ1) is 9.26. The van der Waals surface area contributed by atoms with E-state index in [2.05, 4.69) is 29.0 Å². The maximum atomic E-state index is 10.0. The van der Waals surface area contributed by atoms with Crippen LogP contribution in [0.5, 0.6) is 0 Å². The van der Waals surface area contributed by atoms with Crippen molar-refractivity contribution in [3.63, 3.8) is 0 Å². The molecule has 0 unspecified atom stereocenters. The Morgan fingerprint density at radius 2 is 2.42 bits per heavy atom. The Morgan fingerprint density at radius 1 is 1.58 bits per heavy atom. The number of allylic oxidation sites excluding steroid dienone is 1. The number of aliphatic hydroxyl groups excluding tert-OH is 1. The van der Waals surface area contributed by atoms with Crippen LogP contribution in [0.1, 0.15) is 24.1 Å². The molecule has 0 aliphatic heterocycles. The molecule has 19 heavy (non-hydrogen) atoms. The van der Waals surface area contributed by atoms with Crippen LogP contribution < -0.4 is 0 Å². The predicted molar refractivity (Wildman–Crippen MR) is 81.5 cm³/mol. The number of methoxy groups -OCH3 is 1. The zero-order valence-corrected chi connectivity index (χ0v) is 12.6. The standard InChI is InChI=1S/C15H25NO2S/c1-3-4-7-14(17)12-16(9-6-10-18-2)13-15-8-5-11-19-15/h3,5,8,11,14,17H,1,4,6-7,9-10,12-13H2,2H3/t14-/m0/s1. The summed E-state index contributed by atoms with van der Waals surface area (Å²) in [6.45, 7) is 7.04. The van der Waals surface area contributed by atoms with Crippen molar-refractivity contribution in [3.05, 3.63) is 35.0 Å². The average Bonchev–Trinajstić information content (AvgIpc) is 2.89. The highest BCUT2D eigenvalue weighted by Gasteiger charge is 2.12. The number of hydrogen-bond donors (Lipinski definition) is 1. The molecule has 1 rings (SSSR count). The summed E-state index contributed by atoms with van der Waals surface area (Å²) in [5.74, 6) is 0. The molecule has 0 aliphatic rings. The highest BCUT2D eigenvalue weighted by Crippen LogP contribution is 2.13. The fourth-order valence-electron chi connectivity index (χ4n) is 1.99. The maximum Gasteiger partial charge on any atom is 0.0670 e. The fraction of sp³-hybridized carbons (Fsp3) is 0.600. The Morgan fingerprint density at radius 3 is 3.05 bits per heavy atom. The van der Waals surface area contributed by atoms with Crippen molar-refractivity contribution in [1.29, 1.82) is 0 Å². The highest BCUT2D eigenvalue weighted by atomic mass is 32.1. The van der Waals surface area contributed by atoms with E-state index in [4.69, 9.17) is 4.74 Å². The van der Waals surface area contributed by atoms with E-state index in [0.29, 0.717) is 0 Å². The van der Waals surface area contributed by atoms with Gasteiger partial charge >= 0.3 is 0 Å². The van der Waals surface area contributed by atoms with Crippen molar-refractivity contribution in [2.45, 2.75) is 31.9 Å². The van der Waals surface area contributed by atoms with Gasteiger partial charge in [-0.1, -0.05) is 12.1 Å². The summed E-state index contributed by atoms with van der Waals surface area (Å²) in [6, 6.07) is 4.21. The van der Waals surface area contributed by atoms with Crippen molar-refractivity contribution in [2.24, 2.45) is 0 Å². The summed E-state index contributed by atoms with van der Waals surface area (Å²) in [5, 5.41) is 12.1. The van der Waals surface area contributed by atoms with Gasteiger partial charge in [0.05, 0.1) is 6.10 Å². The smallest absolute Gasteiger partial charge is 0.0670 e. The number of nitrogens with zero attached hydrogens (tertiary/aromatic N) is 1. The molecular weight excluding hydrogens is 258 g/mol. The van der Waals surface area contributed by atoms with Gasteiger partial charge in [0, 0.05) is 38.2 Å². The Bertz CT molecular complexity index is 327. The van der Waals surface area contributed by atoms with E-state index in [1.165, 1.54) is 4.88 Å². The topological polar surface area (TPSA) is 32.7 Å². The minimum atomic E-state index is -0.277. The van der Waals surface area contributed by atoms with Crippen molar-refractivity contribution in [1.82, 2.24) is 4.90 Å². The molecule has 0 spiro atoms. The Kier molecular flexibility index (Phi) is 8.75. The van der Waals surface area contributed by atoms with Crippen molar-refractivity contribution in [2.75, 3.05) is 26.8 Å². The second kappa shape index (κ2) is 10.1. The second-order valence-electron chi connectivity index (χ2n) is 4.68. The maximum absolute atomic E-state index is 10.0. The van der Waals surface area contributed by atoms with E-state index in [9.17, 15) is 5.11 Å². The van der Waals surface area contributed by atoms with Crippen LogP contribution >= 0.6 is 11.3 Å². The molecular formula is C15H25NO2S. The van der Waals surface area contributed by atoms with Crippen molar-refractivity contribution < 1.29 is 9.84 Å². The van der Waals surface area contributed by atoms with Crippen LogP contribution in [0.3, 0.4) is 0 Å². The zero-order chi connectivity index (χ0) is 13.9. The largest absolute Gasteiger partial charge is 0.392 e. The van der Waals surface area contributed by atoms with E-state index in [1.54, 1.807) is 18.4 Å². The first-order valence-electron chi connectivity index (χ1n) is 6.79. The molecule has 3 nitrogen and oxygen atoms in total. The molecule has 108 valence electrons. The molecule has 0 aromatic carbocycles. The molecule has 1 atom stereocenters. The summed E-state index contributed by atoms with van der Waals surface area (Å²) in [6.07, 6.45) is 4.23. The highest BCUT2D eigenvalue weighted by molar-refractivity contribution is 7.09. The van der Waals surface area contributed by atoms with Crippen molar-refractivity contribution >= 4 is 11.3 Å². The summed E-state index contributed by atoms with van der Waals surface area (Å²) in [4.78, 5) is 3.65. The molecule has 4 heteroatoms. The molecule has 0 aliphatic carbocycles. The number of thiophene rings is 1. The molecule has 0 radical (unpaired) electrons. The van der Waals surface area contributed by atoms with Crippen LogP contribution in [0, 0.1) is 0 Å². The lowest BCUT2D eigenvalue weighted by Gasteiger charge is -2.24. The van der Waals surface area contributed by atoms with Gasteiger partial charge in [-0.25, -0.2) is 0 Å². The monoisotopic (exact) mass is 283 g/mol. The fourth-order valence-corrected chi connectivity index (χ4v) is 2.74. The summed E-state index contributed by atoms with van der Waals surface area (Å²) in [5.41, 5.74) is 0. The van der Waals surface area contributed by atoms with Crippen LogP contribution in [0.4, 0.5) is 0 Å². The Hall–Kier alpha value is -0.680. The minimum absolute atomic E-state index is 0.277. The molecule has 0 saturated carbocycles. The number of hydrogen-bond acceptors (Lipinski definition) is 4. The van der Waals surface area contributed by atoms with Crippen molar-refractivity contribution in [3.8, 4) is 0 Å². The van der Waals surface area contributed by atoms with E-state index in [1.807, 2.05) is 6.08 Å². The van der Waals surface area contributed by atoms with Crippen LogP contribution in [0.2, 0.25) is 0 Å². The Labute approximate surface area is 120 Å². The molecule has 0 amide bonds. The van der Waals surface area contributed by atoms with E-state index < -0.39 is 0 Å². The first-order valence-corrected chi connectivity index (χ1v) is 7.67. The summed E-state index contributed by atoms with van der Waals surface area (Å²) < 4.78 is 5.10. The first kappa shape index (κ1) is 16.4. The third-order valence-corrected chi connectivity index (χ3v) is 3.82. The normalized spacial score (nSPS) is 12.8. The molecule has 1 N–H and O–H groups in total. The van der Waals surface area contributed by atoms with Gasteiger partial charge in [0.25, 0.3) is 0 Å². The number of aliphatic hydroxyl groups is 1. The predicted octanol–water partition coefficient (Wildman–Crippen LogP) is 2.91. The summed E-state index contributed by atoms with van der Waals surface area (Å²) in [7, 11) is 1.72. The SMILES string of the molecule is C=CCC[C@H](O)CN(CCCOC)Cc1cccs1. The molecule has 0 bridgehead atoms. The van der Waals surface area contributed by atoms with Crippen LogP contribution in [0.15, 0.2) is 30.2 Å². The number of ether oxygens (including phenoxy) is 1. The molecule has 0 saturated heterocycles. The van der Waals surface area contributed by atoms with Gasteiger partial charge in [-0.15, -0.1) is 17.9 Å². The van der Waals surface area contributed by atoms with Gasteiger partial charge in [-0.3, -0.25) is 4.90 Å². The number of rotatable bonds is 11. The second-order valence-corrected chi connectivity index (χ2v) is 5.71. The van der Waals surface area contributed by atoms with Gasteiger partial charge in [0.1, 0.15) is 0 Å². The summed E-state index contributed by atoms with van der Waals surface area (Å²) >= 11 is 1.76. The van der Waals surface area contributed by atoms with E-state index >= 15 is 0 Å². The minimum Gasteiger partial charge on any atom is -0.392 e. The molecule has 0 fully saturated rings. The van der Waals surface area contributed by atoms with Crippen LogP contribution in [0.25, 0.3) is 0 Å². The van der Waals surface area contributed by atoms with Crippen LogP contribution in [-0.4, -0.2) is 42.9 Å². The lowest BCUT2D eigenvalue weighted by atomic mass is 10.2. The average molecular weight is 283 g/mol. The lowest BCUT2D eigenvalue weighted by Crippen LogP contribution is -2.33. The van der Waals surface area contributed by atoms with Gasteiger partial charge < -0.3 is 9.84 Å². The van der Waals surface area contributed by atoms with Gasteiger partial charge in [-0.2, -0.15) is 0 Å². The van der Waals surface area contributed by atoms with E-state index in [-0.39, 0.29) is 6.10 Å². The zero-order valence-electron chi connectivity index (χ0n) is 11.8. The van der Waals surface area contributed by atoms with Gasteiger partial charge in [-0.05, 0) is 30.7 Å². The van der Waals surface area contributed by atoms with E-state index in [0.717, 1.165) is 45.5 Å². The third kappa shape index (κ3) is 7.47. The third-order valence-electron chi connectivity index (χ3n) is 2.96. The molecule has 1 aromatic rings. The molecule has 1 heterocycles. The molecule has 1 aromatic heterocycles. The van der Waals surface area contributed by atoms with Gasteiger partial charge in [0.2, 0.25) is 0 Å². The Balaban J connectivity index is 2.40. The van der Waals surface area contributed by atoms with Gasteiger partial charge in [0.15, 0.2) is 0 Å². The lowest BCUT2D eigenvalue weighted by molar-refractivity contribution is 0.0947. The van der Waals surface area contributed by atoms with Crippen LogP contribution in [-0.2, 0) is 11.3 Å². The quantitative estimate of drug-likeness (QED) is 0.501.